The first kappa shape index (κ1) is 20.2. The van der Waals surface area contributed by atoms with Gasteiger partial charge in [-0.1, -0.05) is 37.1 Å². The van der Waals surface area contributed by atoms with Crippen LogP contribution in [0.2, 0.25) is 0 Å². The third-order valence-corrected chi connectivity index (χ3v) is 4.78. The summed E-state index contributed by atoms with van der Waals surface area (Å²) >= 11 is 0. The normalized spacial score (nSPS) is 12.1. The minimum absolute atomic E-state index is 0.155. The molecule has 134 valence electrons. The van der Waals surface area contributed by atoms with Crippen LogP contribution in [0, 0.1) is 0 Å². The highest BCUT2D eigenvalue weighted by molar-refractivity contribution is 7.88. The van der Waals surface area contributed by atoms with Crippen molar-refractivity contribution in [2.45, 2.75) is 32.1 Å². The number of aromatic hydroxyl groups is 1. The molecule has 0 spiro atoms. The molecular weight excluding hydrogens is 330 g/mol. The van der Waals surface area contributed by atoms with E-state index in [0.29, 0.717) is 19.4 Å². The maximum absolute atomic E-state index is 11.8. The van der Waals surface area contributed by atoms with Crippen LogP contribution in [-0.2, 0) is 14.8 Å². The molecule has 0 saturated heterocycles. The number of phenolic OH excluding ortho intramolecular Hbond substituents is 1. The van der Waals surface area contributed by atoms with Gasteiger partial charge >= 0.3 is 5.97 Å². The van der Waals surface area contributed by atoms with E-state index < -0.39 is 16.0 Å². The zero-order chi connectivity index (χ0) is 18.0. The molecule has 0 fully saturated rings. The summed E-state index contributed by atoms with van der Waals surface area (Å²) < 4.78 is 25.0. The second kappa shape index (κ2) is 10.1. The highest BCUT2D eigenvalue weighted by Crippen LogP contribution is 2.12. The first-order valence-corrected chi connectivity index (χ1v) is 9.76. The molecular formula is C17H25NO5S. The van der Waals surface area contributed by atoms with E-state index in [2.05, 4.69) is 0 Å². The predicted octanol–water partition coefficient (Wildman–Crippen LogP) is 2.70. The van der Waals surface area contributed by atoms with E-state index in [1.54, 1.807) is 30.4 Å². The maximum atomic E-state index is 11.8. The summed E-state index contributed by atoms with van der Waals surface area (Å²) in [5.41, 5.74) is 0.803. The zero-order valence-corrected chi connectivity index (χ0v) is 14.7. The van der Waals surface area contributed by atoms with Gasteiger partial charge < -0.3 is 10.2 Å². The van der Waals surface area contributed by atoms with Crippen LogP contribution in [0.4, 0.5) is 0 Å². The SMILES string of the molecule is CS(=O)(=O)N(C/C=C/c1cccc(O)c1)CCCCCCC(=O)O. The summed E-state index contributed by atoms with van der Waals surface area (Å²) in [4.78, 5) is 10.4. The van der Waals surface area contributed by atoms with E-state index in [1.165, 1.54) is 10.6 Å². The molecule has 1 aromatic carbocycles. The van der Waals surface area contributed by atoms with Crippen LogP contribution in [0.25, 0.3) is 6.08 Å². The van der Waals surface area contributed by atoms with Gasteiger partial charge in [-0.2, -0.15) is 4.31 Å². The van der Waals surface area contributed by atoms with Crippen LogP contribution in [0.15, 0.2) is 30.3 Å². The van der Waals surface area contributed by atoms with Gasteiger partial charge in [0.1, 0.15) is 5.75 Å². The van der Waals surface area contributed by atoms with E-state index in [9.17, 15) is 18.3 Å². The number of carboxylic acids is 1. The summed E-state index contributed by atoms with van der Waals surface area (Å²) in [6, 6.07) is 6.72. The van der Waals surface area contributed by atoms with E-state index >= 15 is 0 Å². The van der Waals surface area contributed by atoms with Crippen LogP contribution >= 0.6 is 0 Å². The molecule has 6 nitrogen and oxygen atoms in total. The molecule has 7 heteroatoms. The van der Waals surface area contributed by atoms with Gasteiger partial charge in [0, 0.05) is 19.5 Å². The first-order chi connectivity index (χ1) is 11.3. The van der Waals surface area contributed by atoms with Gasteiger partial charge in [-0.15, -0.1) is 0 Å². The summed E-state index contributed by atoms with van der Waals surface area (Å²) in [5.74, 6) is -0.636. The van der Waals surface area contributed by atoms with Crippen LogP contribution in [0.3, 0.4) is 0 Å². The average Bonchev–Trinajstić information content (AvgIpc) is 2.47. The number of sulfonamides is 1. The Morgan fingerprint density at radius 3 is 2.54 bits per heavy atom. The van der Waals surface area contributed by atoms with Crippen LogP contribution in [0.5, 0.6) is 5.75 Å². The molecule has 0 aromatic heterocycles. The van der Waals surface area contributed by atoms with Gasteiger partial charge in [0.25, 0.3) is 0 Å². The van der Waals surface area contributed by atoms with Gasteiger partial charge in [-0.25, -0.2) is 8.42 Å². The largest absolute Gasteiger partial charge is 0.508 e. The number of hydrogen-bond donors (Lipinski definition) is 2. The Hall–Kier alpha value is -1.86. The molecule has 2 N–H and O–H groups in total. The Bertz CT molecular complexity index is 655. The third-order valence-electron chi connectivity index (χ3n) is 3.51. The number of rotatable bonds is 11. The van der Waals surface area contributed by atoms with Crippen molar-refractivity contribution < 1.29 is 23.4 Å². The number of hydrogen-bond acceptors (Lipinski definition) is 4. The van der Waals surface area contributed by atoms with Crippen LogP contribution in [-0.4, -0.2) is 48.3 Å². The van der Waals surface area contributed by atoms with Gasteiger partial charge in [-0.05, 0) is 30.5 Å². The fourth-order valence-corrected chi connectivity index (χ4v) is 3.06. The van der Waals surface area contributed by atoms with E-state index in [0.717, 1.165) is 18.4 Å². The number of carbonyl (C=O) groups is 1. The Morgan fingerprint density at radius 2 is 1.92 bits per heavy atom. The first-order valence-electron chi connectivity index (χ1n) is 7.91. The Balaban J connectivity index is 2.44. The van der Waals surface area contributed by atoms with E-state index in [-0.39, 0.29) is 18.7 Å². The van der Waals surface area contributed by atoms with E-state index in [4.69, 9.17) is 5.11 Å². The fraction of sp³-hybridized carbons (Fsp3) is 0.471. The summed E-state index contributed by atoms with van der Waals surface area (Å²) in [6.45, 7) is 0.680. The minimum Gasteiger partial charge on any atom is -0.508 e. The molecule has 0 bridgehead atoms. The van der Waals surface area contributed by atoms with Crippen molar-refractivity contribution in [1.82, 2.24) is 4.31 Å². The van der Waals surface area contributed by atoms with Crippen molar-refractivity contribution >= 4 is 22.1 Å². The molecule has 0 aliphatic heterocycles. The highest BCUT2D eigenvalue weighted by atomic mass is 32.2. The average molecular weight is 355 g/mol. The topological polar surface area (TPSA) is 94.9 Å². The minimum atomic E-state index is -3.30. The van der Waals surface area contributed by atoms with Crippen molar-refractivity contribution in [1.29, 1.82) is 0 Å². The van der Waals surface area contributed by atoms with Crippen LogP contribution < -0.4 is 0 Å². The van der Waals surface area contributed by atoms with Crippen molar-refractivity contribution in [2.75, 3.05) is 19.3 Å². The Kier molecular flexibility index (Phi) is 8.49. The zero-order valence-electron chi connectivity index (χ0n) is 13.9. The van der Waals surface area contributed by atoms with Crippen molar-refractivity contribution in [2.24, 2.45) is 0 Å². The standard InChI is InChI=1S/C17H25NO5S/c1-24(22,23)18(12-5-3-2-4-11-17(20)21)13-7-9-15-8-6-10-16(19)14-15/h6-10,14,19H,2-5,11-13H2,1H3,(H,20,21)/b9-7+. The smallest absolute Gasteiger partial charge is 0.303 e. The highest BCUT2D eigenvalue weighted by Gasteiger charge is 2.14. The monoisotopic (exact) mass is 355 g/mol. The lowest BCUT2D eigenvalue weighted by molar-refractivity contribution is -0.137. The van der Waals surface area contributed by atoms with Crippen LogP contribution in [0.1, 0.15) is 37.7 Å². The van der Waals surface area contributed by atoms with Crippen molar-refractivity contribution in [3.05, 3.63) is 35.9 Å². The number of benzene rings is 1. The van der Waals surface area contributed by atoms with E-state index in [1.807, 2.05) is 6.07 Å². The fourth-order valence-electron chi connectivity index (χ4n) is 2.25. The molecule has 1 rings (SSSR count). The Labute approximate surface area is 143 Å². The quantitative estimate of drug-likeness (QED) is 0.595. The van der Waals surface area contributed by atoms with Gasteiger partial charge in [0.05, 0.1) is 6.26 Å². The maximum Gasteiger partial charge on any atom is 0.303 e. The third kappa shape index (κ3) is 8.69. The summed E-state index contributed by atoms with van der Waals surface area (Å²) in [5, 5.41) is 18.0. The van der Waals surface area contributed by atoms with Gasteiger partial charge in [0.2, 0.25) is 10.0 Å². The number of unbranched alkanes of at least 4 members (excludes halogenated alkanes) is 3. The molecule has 0 radical (unpaired) electrons. The lowest BCUT2D eigenvalue weighted by Crippen LogP contribution is -2.31. The lowest BCUT2D eigenvalue weighted by Gasteiger charge is -2.18. The number of phenols is 1. The molecule has 0 saturated carbocycles. The molecule has 0 unspecified atom stereocenters. The second-order valence-corrected chi connectivity index (χ2v) is 7.66. The number of aliphatic carboxylic acids is 1. The molecule has 0 amide bonds. The molecule has 0 aliphatic rings. The summed E-state index contributed by atoms with van der Waals surface area (Å²) in [6.07, 6.45) is 7.75. The Morgan fingerprint density at radius 1 is 1.21 bits per heavy atom. The number of nitrogens with zero attached hydrogens (tertiary/aromatic N) is 1. The molecule has 1 aromatic rings. The second-order valence-electron chi connectivity index (χ2n) is 5.68. The van der Waals surface area contributed by atoms with Gasteiger partial charge in [-0.3, -0.25) is 4.79 Å². The van der Waals surface area contributed by atoms with Crippen molar-refractivity contribution in [3.8, 4) is 5.75 Å². The molecule has 0 heterocycles. The summed E-state index contributed by atoms with van der Waals surface area (Å²) in [7, 11) is -3.30. The lowest BCUT2D eigenvalue weighted by atomic mass is 10.1. The predicted molar refractivity (Wildman–Crippen MR) is 94.3 cm³/mol. The molecule has 24 heavy (non-hydrogen) atoms. The molecule has 0 atom stereocenters. The van der Waals surface area contributed by atoms with Gasteiger partial charge in [0.15, 0.2) is 0 Å². The van der Waals surface area contributed by atoms with Crippen molar-refractivity contribution in [3.63, 3.8) is 0 Å². The number of carboxylic acid groups (broad SMARTS) is 1. The molecule has 0 aliphatic carbocycles.